The molecular weight excluding hydrogens is 237 g/mol. The highest BCUT2D eigenvalue weighted by atomic mass is 19.1. The summed E-state index contributed by atoms with van der Waals surface area (Å²) in [5.74, 6) is -0.990. The monoisotopic (exact) mass is 247 g/mol. The van der Waals surface area contributed by atoms with Crippen molar-refractivity contribution < 1.29 is 14.3 Å². The predicted molar refractivity (Wildman–Crippen MR) is 63.4 cm³/mol. The van der Waals surface area contributed by atoms with Crippen LogP contribution in [0.15, 0.2) is 30.5 Å². The number of hydrogen-bond acceptors (Lipinski definition) is 4. The van der Waals surface area contributed by atoms with Gasteiger partial charge in [0.15, 0.2) is 0 Å². The first-order chi connectivity index (χ1) is 8.56. The zero-order valence-corrected chi connectivity index (χ0v) is 9.51. The van der Waals surface area contributed by atoms with Crippen LogP contribution in [0.25, 0.3) is 0 Å². The number of carboxylic acids is 1. The quantitative estimate of drug-likeness (QED) is 0.870. The fourth-order valence-electron chi connectivity index (χ4n) is 1.42. The van der Waals surface area contributed by atoms with E-state index in [1.165, 1.54) is 24.4 Å². The zero-order chi connectivity index (χ0) is 13.1. The molecule has 5 nitrogen and oxygen atoms in total. The number of carboxylic acid groups (broad SMARTS) is 1. The van der Waals surface area contributed by atoms with Crippen molar-refractivity contribution in [2.75, 3.05) is 5.32 Å². The molecule has 0 amide bonds. The van der Waals surface area contributed by atoms with Crippen molar-refractivity contribution in [3.63, 3.8) is 0 Å². The van der Waals surface area contributed by atoms with Crippen LogP contribution in [0.4, 0.5) is 15.9 Å². The Morgan fingerprint density at radius 2 is 2.22 bits per heavy atom. The summed E-state index contributed by atoms with van der Waals surface area (Å²) in [5.41, 5.74) is 0.362. The van der Waals surface area contributed by atoms with Crippen LogP contribution in [0.5, 0.6) is 0 Å². The third-order valence-corrected chi connectivity index (χ3v) is 2.23. The van der Waals surface area contributed by atoms with Crippen LogP contribution < -0.4 is 5.32 Å². The number of nitrogens with one attached hydrogen (secondary N) is 1. The summed E-state index contributed by atoms with van der Waals surface area (Å²) in [7, 11) is 0. The van der Waals surface area contributed by atoms with Crippen molar-refractivity contribution in [2.24, 2.45) is 0 Å². The number of aromatic carboxylic acids is 1. The van der Waals surface area contributed by atoms with Crippen molar-refractivity contribution >= 4 is 17.5 Å². The van der Waals surface area contributed by atoms with E-state index < -0.39 is 11.8 Å². The summed E-state index contributed by atoms with van der Waals surface area (Å²) in [6.07, 6.45) is 1.21. The maximum atomic E-state index is 13.0. The molecular formula is C12H10FN3O2. The van der Waals surface area contributed by atoms with E-state index in [1.54, 1.807) is 13.0 Å². The maximum absolute atomic E-state index is 13.0. The summed E-state index contributed by atoms with van der Waals surface area (Å²) < 4.78 is 13.0. The Morgan fingerprint density at radius 1 is 1.44 bits per heavy atom. The number of aryl methyl sites for hydroxylation is 1. The fraction of sp³-hybridized carbons (Fsp3) is 0.0833. The van der Waals surface area contributed by atoms with Gasteiger partial charge in [0.1, 0.15) is 23.0 Å². The Kier molecular flexibility index (Phi) is 3.18. The SMILES string of the molecule is Cc1ncc(C(=O)O)c(Nc2cccc(F)c2)n1. The number of nitrogens with zero attached hydrogens (tertiary/aromatic N) is 2. The first-order valence-corrected chi connectivity index (χ1v) is 5.16. The van der Waals surface area contributed by atoms with Crippen LogP contribution in [-0.2, 0) is 0 Å². The average molecular weight is 247 g/mol. The van der Waals surface area contributed by atoms with Crippen LogP contribution >= 0.6 is 0 Å². The van der Waals surface area contributed by atoms with E-state index in [0.29, 0.717) is 11.5 Å². The van der Waals surface area contributed by atoms with Gasteiger partial charge in [0, 0.05) is 11.9 Å². The van der Waals surface area contributed by atoms with Gasteiger partial charge in [0.2, 0.25) is 0 Å². The Bertz CT molecular complexity index is 602. The largest absolute Gasteiger partial charge is 0.477 e. The van der Waals surface area contributed by atoms with Crippen molar-refractivity contribution in [3.05, 3.63) is 47.7 Å². The summed E-state index contributed by atoms with van der Waals surface area (Å²) in [6.45, 7) is 1.64. The van der Waals surface area contributed by atoms with E-state index in [4.69, 9.17) is 5.11 Å². The predicted octanol–water partition coefficient (Wildman–Crippen LogP) is 2.37. The third kappa shape index (κ3) is 2.60. The molecule has 1 aromatic heterocycles. The lowest BCUT2D eigenvalue weighted by atomic mass is 10.2. The smallest absolute Gasteiger partial charge is 0.341 e. The van der Waals surface area contributed by atoms with Gasteiger partial charge in [-0.1, -0.05) is 6.07 Å². The maximum Gasteiger partial charge on any atom is 0.341 e. The molecule has 92 valence electrons. The van der Waals surface area contributed by atoms with Gasteiger partial charge >= 0.3 is 5.97 Å². The minimum atomic E-state index is -1.14. The van der Waals surface area contributed by atoms with Crippen LogP contribution in [-0.4, -0.2) is 21.0 Å². The van der Waals surface area contributed by atoms with E-state index in [-0.39, 0.29) is 11.4 Å². The van der Waals surface area contributed by atoms with Gasteiger partial charge < -0.3 is 10.4 Å². The van der Waals surface area contributed by atoms with Gasteiger partial charge in [0.25, 0.3) is 0 Å². The highest BCUT2D eigenvalue weighted by molar-refractivity contribution is 5.93. The van der Waals surface area contributed by atoms with E-state index in [1.807, 2.05) is 0 Å². The van der Waals surface area contributed by atoms with Crippen LogP contribution in [0.3, 0.4) is 0 Å². The molecule has 0 spiro atoms. The number of carbonyl (C=O) groups is 1. The molecule has 0 bridgehead atoms. The molecule has 2 aromatic rings. The molecule has 6 heteroatoms. The van der Waals surface area contributed by atoms with Gasteiger partial charge in [-0.3, -0.25) is 0 Å². The van der Waals surface area contributed by atoms with E-state index in [2.05, 4.69) is 15.3 Å². The minimum Gasteiger partial charge on any atom is -0.477 e. The molecule has 0 aliphatic rings. The highest BCUT2D eigenvalue weighted by Crippen LogP contribution is 2.19. The van der Waals surface area contributed by atoms with Crippen molar-refractivity contribution in [3.8, 4) is 0 Å². The van der Waals surface area contributed by atoms with Crippen molar-refractivity contribution in [1.29, 1.82) is 0 Å². The number of halogens is 1. The molecule has 0 saturated heterocycles. The molecule has 0 fully saturated rings. The molecule has 0 aliphatic heterocycles. The van der Waals surface area contributed by atoms with Gasteiger partial charge in [0.05, 0.1) is 0 Å². The standard InChI is InChI=1S/C12H10FN3O2/c1-7-14-6-10(12(17)18)11(15-7)16-9-4-2-3-8(13)5-9/h2-6H,1H3,(H,17,18)(H,14,15,16). The molecule has 0 aliphatic carbocycles. The number of rotatable bonds is 3. The van der Waals surface area contributed by atoms with Gasteiger partial charge in [-0.2, -0.15) is 0 Å². The zero-order valence-electron chi connectivity index (χ0n) is 9.51. The van der Waals surface area contributed by atoms with Crippen LogP contribution in [0.1, 0.15) is 16.2 Å². The van der Waals surface area contributed by atoms with Crippen LogP contribution in [0, 0.1) is 12.7 Å². The first-order valence-electron chi connectivity index (χ1n) is 5.16. The second kappa shape index (κ2) is 4.79. The second-order valence-corrected chi connectivity index (χ2v) is 3.62. The summed E-state index contributed by atoms with van der Waals surface area (Å²) in [6, 6.07) is 5.69. The first kappa shape index (κ1) is 12.0. The second-order valence-electron chi connectivity index (χ2n) is 3.62. The number of hydrogen-bond donors (Lipinski definition) is 2. The van der Waals surface area contributed by atoms with Crippen LogP contribution in [0.2, 0.25) is 0 Å². The summed E-state index contributed by atoms with van der Waals surface area (Å²) in [5, 5.41) is 11.8. The van der Waals surface area contributed by atoms with E-state index >= 15 is 0 Å². The average Bonchev–Trinajstić information content (AvgIpc) is 2.28. The fourth-order valence-corrected chi connectivity index (χ4v) is 1.42. The Labute approximate surface area is 102 Å². The normalized spacial score (nSPS) is 10.1. The highest BCUT2D eigenvalue weighted by Gasteiger charge is 2.12. The molecule has 0 atom stereocenters. The number of anilines is 2. The minimum absolute atomic E-state index is 0.0649. The molecule has 18 heavy (non-hydrogen) atoms. The molecule has 0 radical (unpaired) electrons. The van der Waals surface area contributed by atoms with Crippen molar-refractivity contribution in [1.82, 2.24) is 9.97 Å². The Balaban J connectivity index is 2.39. The molecule has 2 N–H and O–H groups in total. The Morgan fingerprint density at radius 3 is 2.89 bits per heavy atom. The molecule has 0 unspecified atom stereocenters. The lowest BCUT2D eigenvalue weighted by molar-refractivity contribution is 0.0697. The molecule has 2 rings (SSSR count). The van der Waals surface area contributed by atoms with Gasteiger partial charge in [-0.25, -0.2) is 19.2 Å². The third-order valence-electron chi connectivity index (χ3n) is 2.23. The molecule has 1 heterocycles. The Hall–Kier alpha value is -2.50. The topological polar surface area (TPSA) is 75.1 Å². The molecule has 0 saturated carbocycles. The van der Waals surface area contributed by atoms with Gasteiger partial charge in [-0.05, 0) is 25.1 Å². The number of aromatic nitrogens is 2. The number of benzene rings is 1. The van der Waals surface area contributed by atoms with Crippen molar-refractivity contribution in [2.45, 2.75) is 6.92 Å². The van der Waals surface area contributed by atoms with E-state index in [0.717, 1.165) is 0 Å². The van der Waals surface area contributed by atoms with E-state index in [9.17, 15) is 9.18 Å². The lowest BCUT2D eigenvalue weighted by Crippen LogP contribution is -2.07. The summed E-state index contributed by atoms with van der Waals surface area (Å²) >= 11 is 0. The van der Waals surface area contributed by atoms with Gasteiger partial charge in [-0.15, -0.1) is 0 Å². The lowest BCUT2D eigenvalue weighted by Gasteiger charge is -2.08. The molecule has 1 aromatic carbocycles. The summed E-state index contributed by atoms with van der Waals surface area (Å²) in [4.78, 5) is 18.8.